The second kappa shape index (κ2) is 7.84. The van der Waals surface area contributed by atoms with Gasteiger partial charge in [-0.05, 0) is 11.6 Å². The number of nitrogens with zero attached hydrogens (tertiary/aromatic N) is 5. The minimum Gasteiger partial charge on any atom is -0.331 e. The third-order valence-electron chi connectivity index (χ3n) is 3.76. The van der Waals surface area contributed by atoms with Gasteiger partial charge in [-0.25, -0.2) is 0 Å². The number of nitro groups is 1. The van der Waals surface area contributed by atoms with Crippen molar-refractivity contribution in [2.45, 2.75) is 12.6 Å². The van der Waals surface area contributed by atoms with Gasteiger partial charge in [-0.1, -0.05) is 6.07 Å². The minimum absolute atomic E-state index is 0. The molecule has 0 aliphatic carbocycles. The van der Waals surface area contributed by atoms with Gasteiger partial charge in [0.05, 0.1) is 11.0 Å². The maximum absolute atomic E-state index is 12.6. The summed E-state index contributed by atoms with van der Waals surface area (Å²) in [7, 11) is 0. The Morgan fingerprint density at radius 3 is 2.96 bits per heavy atom. The predicted molar refractivity (Wildman–Crippen MR) is 87.7 cm³/mol. The maximum atomic E-state index is 12.6. The Morgan fingerprint density at radius 1 is 1.46 bits per heavy atom. The lowest BCUT2D eigenvalue weighted by molar-refractivity contribution is -0.385. The molecule has 0 bridgehead atoms. The first kappa shape index (κ1) is 17.8. The first-order valence-corrected chi connectivity index (χ1v) is 7.22. The highest BCUT2D eigenvalue weighted by Gasteiger charge is 2.28. The fraction of sp³-hybridized carbons (Fsp3) is 0.357. The van der Waals surface area contributed by atoms with E-state index >= 15 is 0 Å². The molecule has 3 rings (SSSR count). The van der Waals surface area contributed by atoms with Crippen LogP contribution < -0.4 is 5.32 Å². The molecule has 128 valence electrons. The maximum Gasteiger partial charge on any atom is 0.307 e. The Balaban J connectivity index is 0.00000208. The lowest BCUT2D eigenvalue weighted by Crippen LogP contribution is -2.49. The molecule has 3 heterocycles. The number of halogens is 1. The quantitative estimate of drug-likeness (QED) is 0.643. The van der Waals surface area contributed by atoms with E-state index in [1.807, 2.05) is 12.1 Å². The largest absolute Gasteiger partial charge is 0.331 e. The lowest BCUT2D eigenvalue weighted by atomic mass is 10.1. The van der Waals surface area contributed by atoms with Gasteiger partial charge in [0.25, 0.3) is 0 Å². The van der Waals surface area contributed by atoms with Crippen LogP contribution in [0.3, 0.4) is 0 Å². The average Bonchev–Trinajstić information content (AvgIpc) is 3.04. The van der Waals surface area contributed by atoms with Crippen LogP contribution in [-0.2, 0) is 11.3 Å². The highest BCUT2D eigenvalue weighted by molar-refractivity contribution is 5.85. The summed E-state index contributed by atoms with van der Waals surface area (Å²) in [4.78, 5) is 28.6. The van der Waals surface area contributed by atoms with Crippen molar-refractivity contribution in [3.8, 4) is 0 Å². The van der Waals surface area contributed by atoms with Crippen molar-refractivity contribution in [1.82, 2.24) is 25.0 Å². The molecular formula is C14H17ClN6O3. The summed E-state index contributed by atoms with van der Waals surface area (Å²) in [5.41, 5.74) is 0.835. The topological polar surface area (TPSA) is 106 Å². The van der Waals surface area contributed by atoms with Crippen LogP contribution in [0.1, 0.15) is 11.6 Å². The second-order valence-electron chi connectivity index (χ2n) is 5.25. The summed E-state index contributed by atoms with van der Waals surface area (Å²) < 4.78 is 1.29. The van der Waals surface area contributed by atoms with E-state index in [1.54, 1.807) is 17.3 Å². The number of aromatic nitrogens is 3. The Kier molecular flexibility index (Phi) is 5.83. The molecule has 2 aromatic heterocycles. The molecule has 0 spiro atoms. The molecule has 1 aliphatic rings. The van der Waals surface area contributed by atoms with E-state index < -0.39 is 4.92 Å². The van der Waals surface area contributed by atoms with E-state index in [1.165, 1.54) is 10.9 Å². The predicted octanol–water partition coefficient (Wildman–Crippen LogP) is 0.781. The van der Waals surface area contributed by atoms with Crippen LogP contribution in [0.2, 0.25) is 0 Å². The van der Waals surface area contributed by atoms with Crippen molar-refractivity contribution in [1.29, 1.82) is 0 Å². The van der Waals surface area contributed by atoms with Gasteiger partial charge in [0.2, 0.25) is 5.91 Å². The van der Waals surface area contributed by atoms with Crippen molar-refractivity contribution in [3.63, 3.8) is 0 Å². The van der Waals surface area contributed by atoms with E-state index in [9.17, 15) is 14.9 Å². The number of carbonyl (C=O) groups is 1. The van der Waals surface area contributed by atoms with E-state index in [4.69, 9.17) is 0 Å². The van der Waals surface area contributed by atoms with Crippen molar-refractivity contribution >= 4 is 24.0 Å². The summed E-state index contributed by atoms with van der Waals surface area (Å²) in [5, 5.41) is 17.8. The fourth-order valence-electron chi connectivity index (χ4n) is 2.64. The molecule has 9 nitrogen and oxygen atoms in total. The van der Waals surface area contributed by atoms with Gasteiger partial charge in [0.1, 0.15) is 18.9 Å². The van der Waals surface area contributed by atoms with Gasteiger partial charge in [0.15, 0.2) is 0 Å². The van der Waals surface area contributed by atoms with Crippen molar-refractivity contribution in [3.05, 3.63) is 52.6 Å². The number of hydrogen-bond donors (Lipinski definition) is 1. The molecule has 1 atom stereocenters. The first-order chi connectivity index (χ1) is 11.1. The number of nitrogens with one attached hydrogen (secondary N) is 1. The molecule has 1 aliphatic heterocycles. The van der Waals surface area contributed by atoms with Crippen LogP contribution in [0.5, 0.6) is 0 Å². The van der Waals surface area contributed by atoms with E-state index in [-0.39, 0.29) is 36.6 Å². The molecule has 0 saturated carbocycles. The van der Waals surface area contributed by atoms with Gasteiger partial charge in [-0.3, -0.25) is 24.6 Å². The molecule has 0 radical (unpaired) electrons. The summed E-state index contributed by atoms with van der Waals surface area (Å²) in [6, 6.07) is 3.67. The lowest BCUT2D eigenvalue weighted by Gasteiger charge is -2.36. The standard InChI is InChI=1S/C14H16N6O3.ClH/c21-14(10-18-9-12(7-17-18)20(22)23)19-5-4-16-8-13(19)11-2-1-3-15-6-11;/h1-3,6-7,9,13,16H,4-5,8,10H2;1H. The summed E-state index contributed by atoms with van der Waals surface area (Å²) in [5.74, 6) is -0.127. The van der Waals surface area contributed by atoms with Crippen molar-refractivity contribution in [2.75, 3.05) is 19.6 Å². The van der Waals surface area contributed by atoms with E-state index in [0.717, 1.165) is 11.8 Å². The van der Waals surface area contributed by atoms with Gasteiger partial charge in [-0.2, -0.15) is 5.10 Å². The Labute approximate surface area is 144 Å². The van der Waals surface area contributed by atoms with Crippen molar-refractivity contribution in [2.24, 2.45) is 0 Å². The number of pyridine rings is 1. The highest BCUT2D eigenvalue weighted by atomic mass is 35.5. The summed E-state index contributed by atoms with van der Waals surface area (Å²) in [6.07, 6.45) is 5.84. The number of rotatable bonds is 4. The Bertz CT molecular complexity index is 708. The third-order valence-corrected chi connectivity index (χ3v) is 3.76. The zero-order chi connectivity index (χ0) is 16.2. The van der Waals surface area contributed by atoms with Gasteiger partial charge >= 0.3 is 5.69 Å². The monoisotopic (exact) mass is 352 g/mol. The molecule has 1 amide bonds. The zero-order valence-corrected chi connectivity index (χ0v) is 13.6. The van der Waals surface area contributed by atoms with Crippen LogP contribution >= 0.6 is 12.4 Å². The first-order valence-electron chi connectivity index (χ1n) is 7.22. The molecule has 24 heavy (non-hydrogen) atoms. The minimum atomic E-state index is -0.531. The van der Waals surface area contributed by atoms with Crippen molar-refractivity contribution < 1.29 is 9.72 Å². The molecule has 0 aromatic carbocycles. The number of amides is 1. The molecule has 1 fully saturated rings. The van der Waals surface area contributed by atoms with Crippen LogP contribution in [-0.4, -0.2) is 50.1 Å². The normalized spacial score (nSPS) is 17.2. The van der Waals surface area contributed by atoms with Gasteiger partial charge in [-0.15, -0.1) is 12.4 Å². The van der Waals surface area contributed by atoms with Crippen LogP contribution in [0.4, 0.5) is 5.69 Å². The smallest absolute Gasteiger partial charge is 0.307 e. The summed E-state index contributed by atoms with van der Waals surface area (Å²) in [6.45, 7) is 1.91. The van der Waals surface area contributed by atoms with Crippen LogP contribution in [0.25, 0.3) is 0 Å². The number of hydrogen-bond acceptors (Lipinski definition) is 6. The molecule has 1 saturated heterocycles. The Morgan fingerprint density at radius 2 is 2.29 bits per heavy atom. The fourth-order valence-corrected chi connectivity index (χ4v) is 2.64. The SMILES string of the molecule is Cl.O=C(Cn1cc([N+](=O)[O-])cn1)N1CCNCC1c1cccnc1. The summed E-state index contributed by atoms with van der Waals surface area (Å²) >= 11 is 0. The van der Waals surface area contributed by atoms with Crippen LogP contribution in [0.15, 0.2) is 36.9 Å². The van der Waals surface area contributed by atoms with Crippen LogP contribution in [0, 0.1) is 10.1 Å². The third kappa shape index (κ3) is 3.87. The Hall–Kier alpha value is -2.52. The molecule has 1 N–H and O–H groups in total. The van der Waals surface area contributed by atoms with E-state index in [0.29, 0.717) is 19.6 Å². The zero-order valence-electron chi connectivity index (χ0n) is 12.7. The van der Waals surface area contributed by atoms with Gasteiger partial charge < -0.3 is 10.2 Å². The van der Waals surface area contributed by atoms with E-state index in [2.05, 4.69) is 15.4 Å². The molecule has 1 unspecified atom stereocenters. The highest BCUT2D eigenvalue weighted by Crippen LogP contribution is 2.22. The number of carbonyl (C=O) groups excluding carboxylic acids is 1. The second-order valence-corrected chi connectivity index (χ2v) is 5.25. The van der Waals surface area contributed by atoms with Gasteiger partial charge in [0, 0.05) is 32.0 Å². The molecular weight excluding hydrogens is 336 g/mol. The average molecular weight is 353 g/mol. The number of piperazine rings is 1. The molecule has 10 heteroatoms. The molecule has 2 aromatic rings.